The highest BCUT2D eigenvalue weighted by molar-refractivity contribution is 7.86. The van der Waals surface area contributed by atoms with Gasteiger partial charge < -0.3 is 24.6 Å². The van der Waals surface area contributed by atoms with E-state index in [1.54, 1.807) is 0 Å². The minimum absolute atomic E-state index is 0.0508. The van der Waals surface area contributed by atoms with Gasteiger partial charge in [-0.15, -0.1) is 0 Å². The number of hydrogen-bond acceptors (Lipinski definition) is 7. The Morgan fingerprint density at radius 1 is 1.02 bits per heavy atom. The number of nitrogens with one attached hydrogen (secondary N) is 1. The summed E-state index contributed by atoms with van der Waals surface area (Å²) in [7, 11) is -4.66. The van der Waals surface area contributed by atoms with Crippen molar-refractivity contribution in [3.05, 3.63) is 84.8 Å². The maximum atomic E-state index is 14.1. The maximum absolute atomic E-state index is 14.1. The molecule has 3 atom stereocenters. The molecule has 0 radical (unpaired) electrons. The summed E-state index contributed by atoms with van der Waals surface area (Å²) < 4.78 is 40.9. The van der Waals surface area contributed by atoms with Crippen molar-refractivity contribution < 1.29 is 37.2 Å². The molecule has 1 aliphatic rings. The lowest BCUT2D eigenvalue weighted by molar-refractivity contribution is -0.149. The molecule has 1 aliphatic heterocycles. The number of carbonyl (C=O) groups excluding carboxylic acids is 2. The predicted molar refractivity (Wildman–Crippen MR) is 170 cm³/mol. The van der Waals surface area contributed by atoms with Crippen LogP contribution in [0.4, 0.5) is 5.82 Å². The number of benzene rings is 3. The number of unbranched alkanes of at least 4 members (excludes halogenated alkanes) is 3. The third-order valence-electron chi connectivity index (χ3n) is 8.10. The lowest BCUT2D eigenvalue weighted by Crippen LogP contribution is -2.44. The van der Waals surface area contributed by atoms with Crippen molar-refractivity contribution in [3.8, 4) is 5.75 Å². The van der Waals surface area contributed by atoms with E-state index in [2.05, 4.69) is 17.2 Å². The molecule has 46 heavy (non-hydrogen) atoms. The minimum atomic E-state index is -4.66. The molecule has 0 aliphatic carbocycles. The highest BCUT2D eigenvalue weighted by Gasteiger charge is 2.43. The number of carboxylic acids is 1. The average molecular weight is 649 g/mol. The Balaban J connectivity index is 1.37. The Bertz CT molecular complexity index is 1830. The van der Waals surface area contributed by atoms with Crippen LogP contribution in [0.3, 0.4) is 0 Å². The lowest BCUT2D eigenvalue weighted by Gasteiger charge is -2.27. The SMILES string of the molecule is CCCCCC[C@H](C(=O)N1C[C@@H](Oc2cccc3ccccc23)C[C@H]1C(=O)O)n1cnc(NC(=O)c2ccccc2S(=O)(=O)O)c1. The van der Waals surface area contributed by atoms with Crippen molar-refractivity contribution in [3.63, 3.8) is 0 Å². The first-order valence-electron chi connectivity index (χ1n) is 15.2. The van der Waals surface area contributed by atoms with Crippen LogP contribution in [0.15, 0.2) is 84.1 Å². The van der Waals surface area contributed by atoms with Crippen LogP contribution >= 0.6 is 0 Å². The standard InChI is InChI=1S/C33H36N4O8S/c1-2-3-4-5-15-26(36-20-30(34-21-36)35-31(38)25-14-8-9-17-29(25)46(42,43)44)32(39)37-19-23(18-27(37)33(40)41)45-28-16-10-12-22-11-6-7-13-24(22)28/h6-14,16-17,20-21,23,26-27H,2-5,15,18-19H2,1H3,(H,35,38)(H,40,41)(H,42,43,44)/t23-,26+,27-/m0/s1. The van der Waals surface area contributed by atoms with E-state index in [-0.39, 0.29) is 24.3 Å². The number of fused-ring (bicyclic) bond motifs is 1. The van der Waals surface area contributed by atoms with Gasteiger partial charge in [0.25, 0.3) is 16.0 Å². The zero-order valence-corrected chi connectivity index (χ0v) is 26.1. The van der Waals surface area contributed by atoms with E-state index in [0.717, 1.165) is 36.1 Å². The Hall–Kier alpha value is -4.75. The molecule has 3 aromatic carbocycles. The van der Waals surface area contributed by atoms with Crippen LogP contribution in [0.1, 0.15) is 61.8 Å². The van der Waals surface area contributed by atoms with Gasteiger partial charge in [0.05, 0.1) is 18.4 Å². The van der Waals surface area contributed by atoms with Gasteiger partial charge in [-0.05, 0) is 30.0 Å². The zero-order valence-electron chi connectivity index (χ0n) is 25.3. The van der Waals surface area contributed by atoms with Crippen LogP contribution in [0.25, 0.3) is 10.8 Å². The Morgan fingerprint density at radius 2 is 1.76 bits per heavy atom. The first-order valence-corrected chi connectivity index (χ1v) is 16.6. The molecule has 242 valence electrons. The van der Waals surface area contributed by atoms with Gasteiger partial charge >= 0.3 is 5.97 Å². The van der Waals surface area contributed by atoms with Gasteiger partial charge in [-0.1, -0.05) is 81.1 Å². The van der Waals surface area contributed by atoms with Crippen LogP contribution in [-0.2, 0) is 19.7 Å². The summed E-state index contributed by atoms with van der Waals surface area (Å²) in [6.45, 7) is 2.15. The van der Waals surface area contributed by atoms with Gasteiger partial charge in [-0.25, -0.2) is 9.78 Å². The Labute approximate surface area is 266 Å². The van der Waals surface area contributed by atoms with Crippen molar-refractivity contribution in [2.45, 2.75) is 68.5 Å². The monoisotopic (exact) mass is 648 g/mol. The summed E-state index contributed by atoms with van der Waals surface area (Å²) in [5.74, 6) is -1.68. The fourth-order valence-electron chi connectivity index (χ4n) is 5.83. The fourth-order valence-corrected chi connectivity index (χ4v) is 6.52. The van der Waals surface area contributed by atoms with E-state index in [1.165, 1.54) is 40.2 Å². The summed E-state index contributed by atoms with van der Waals surface area (Å²) in [5.41, 5.74) is -0.273. The van der Waals surface area contributed by atoms with Crippen molar-refractivity contribution in [1.82, 2.24) is 14.5 Å². The fraction of sp³-hybridized carbons (Fsp3) is 0.333. The number of imidazole rings is 1. The molecule has 13 heteroatoms. The summed E-state index contributed by atoms with van der Waals surface area (Å²) in [4.78, 5) is 44.4. The molecule has 4 aromatic rings. The van der Waals surface area contributed by atoms with E-state index in [0.29, 0.717) is 18.6 Å². The van der Waals surface area contributed by atoms with E-state index in [9.17, 15) is 32.5 Å². The van der Waals surface area contributed by atoms with Crippen molar-refractivity contribution in [1.29, 1.82) is 0 Å². The maximum Gasteiger partial charge on any atom is 0.326 e. The molecular weight excluding hydrogens is 612 g/mol. The number of aromatic nitrogens is 2. The average Bonchev–Trinajstić information content (AvgIpc) is 3.68. The summed E-state index contributed by atoms with van der Waals surface area (Å²) >= 11 is 0. The third kappa shape index (κ3) is 7.37. The summed E-state index contributed by atoms with van der Waals surface area (Å²) in [6.07, 6.45) is 6.35. The number of nitrogens with zero attached hydrogens (tertiary/aromatic N) is 3. The van der Waals surface area contributed by atoms with Crippen molar-refractivity contribution in [2.75, 3.05) is 11.9 Å². The third-order valence-corrected chi connectivity index (χ3v) is 9.01. The molecule has 0 bridgehead atoms. The molecule has 1 fully saturated rings. The van der Waals surface area contributed by atoms with Crippen LogP contribution < -0.4 is 10.1 Å². The van der Waals surface area contributed by atoms with Gasteiger partial charge in [0, 0.05) is 18.0 Å². The van der Waals surface area contributed by atoms with Gasteiger partial charge in [0.1, 0.15) is 28.8 Å². The molecule has 2 amide bonds. The number of aliphatic carboxylic acids is 1. The van der Waals surface area contributed by atoms with Crippen LogP contribution in [0.5, 0.6) is 5.75 Å². The number of carbonyl (C=O) groups is 3. The molecule has 0 spiro atoms. The topological polar surface area (TPSA) is 168 Å². The minimum Gasteiger partial charge on any atom is -0.488 e. The van der Waals surface area contributed by atoms with E-state index < -0.39 is 51.0 Å². The second kappa shape index (κ2) is 14.1. The van der Waals surface area contributed by atoms with Gasteiger partial charge in [0.2, 0.25) is 5.91 Å². The van der Waals surface area contributed by atoms with Gasteiger partial charge in [-0.2, -0.15) is 8.42 Å². The summed E-state index contributed by atoms with van der Waals surface area (Å²) in [5, 5.41) is 14.5. The Morgan fingerprint density at radius 3 is 2.52 bits per heavy atom. The molecule has 3 N–H and O–H groups in total. The number of ether oxygens (including phenoxy) is 1. The number of anilines is 1. The lowest BCUT2D eigenvalue weighted by atomic mass is 10.1. The van der Waals surface area contributed by atoms with Crippen LogP contribution in [0.2, 0.25) is 0 Å². The molecule has 5 rings (SSSR count). The van der Waals surface area contributed by atoms with Gasteiger partial charge in [-0.3, -0.25) is 14.1 Å². The number of carboxylic acid groups (broad SMARTS) is 1. The van der Waals surface area contributed by atoms with Gasteiger partial charge in [0.15, 0.2) is 5.82 Å². The molecule has 2 heterocycles. The first-order chi connectivity index (χ1) is 22.1. The smallest absolute Gasteiger partial charge is 0.326 e. The normalized spacial score (nSPS) is 17.1. The highest BCUT2D eigenvalue weighted by atomic mass is 32.2. The number of rotatable bonds is 13. The van der Waals surface area contributed by atoms with E-state index in [1.807, 2.05) is 42.5 Å². The largest absolute Gasteiger partial charge is 0.488 e. The molecular formula is C33H36N4O8S. The van der Waals surface area contributed by atoms with Crippen molar-refractivity contribution >= 4 is 44.5 Å². The second-order valence-corrected chi connectivity index (χ2v) is 12.7. The summed E-state index contributed by atoms with van der Waals surface area (Å²) in [6, 6.07) is 16.7. The molecule has 0 saturated carbocycles. The van der Waals surface area contributed by atoms with Crippen LogP contribution in [0, 0.1) is 0 Å². The highest BCUT2D eigenvalue weighted by Crippen LogP contribution is 2.32. The number of likely N-dealkylation sites (tertiary alicyclic amines) is 1. The van der Waals surface area contributed by atoms with E-state index in [4.69, 9.17) is 4.74 Å². The molecule has 1 aromatic heterocycles. The second-order valence-electron chi connectivity index (χ2n) is 11.3. The van der Waals surface area contributed by atoms with Crippen LogP contribution in [-0.4, -0.2) is 69.0 Å². The molecule has 0 unspecified atom stereocenters. The molecule has 1 saturated heterocycles. The first kappa shape index (κ1) is 32.6. The zero-order chi connectivity index (χ0) is 32.8. The molecule has 12 nitrogen and oxygen atoms in total. The van der Waals surface area contributed by atoms with E-state index >= 15 is 0 Å². The number of amides is 2. The Kier molecular flexibility index (Phi) is 10.0. The predicted octanol–water partition coefficient (Wildman–Crippen LogP) is 5.18. The quantitative estimate of drug-likeness (QED) is 0.131. The number of hydrogen-bond donors (Lipinski definition) is 3. The van der Waals surface area contributed by atoms with Crippen molar-refractivity contribution in [2.24, 2.45) is 0 Å².